The molecule has 4 heteroatoms. The van der Waals surface area contributed by atoms with Crippen molar-refractivity contribution in [2.45, 2.75) is 57.7 Å². The Bertz CT molecular complexity index is 710. The molecule has 2 rings (SSSR count). The molecular formula is C24H31BrO3. The van der Waals surface area contributed by atoms with E-state index < -0.39 is 0 Å². The Morgan fingerprint density at radius 3 is 2.00 bits per heavy atom. The minimum absolute atomic E-state index is 0.235. The molecule has 0 radical (unpaired) electrons. The van der Waals surface area contributed by atoms with Crippen LogP contribution in [0.5, 0.6) is 11.5 Å². The van der Waals surface area contributed by atoms with Crippen LogP contribution >= 0.6 is 15.9 Å². The molecule has 0 saturated carbocycles. The maximum absolute atomic E-state index is 12.2. The molecule has 0 spiro atoms. The van der Waals surface area contributed by atoms with Crippen molar-refractivity contribution in [1.29, 1.82) is 0 Å². The predicted octanol–water partition coefficient (Wildman–Crippen LogP) is 7.03. The average Bonchev–Trinajstić information content (AvgIpc) is 2.73. The Morgan fingerprint density at radius 2 is 1.46 bits per heavy atom. The second-order valence-electron chi connectivity index (χ2n) is 7.17. The van der Waals surface area contributed by atoms with Gasteiger partial charge in [-0.05, 0) is 47.7 Å². The van der Waals surface area contributed by atoms with Gasteiger partial charge in [-0.1, -0.05) is 86.6 Å². The van der Waals surface area contributed by atoms with E-state index in [0.717, 1.165) is 36.3 Å². The van der Waals surface area contributed by atoms with Crippen LogP contribution in [0, 0.1) is 5.92 Å². The van der Waals surface area contributed by atoms with Crippen LogP contribution in [0.2, 0.25) is 0 Å². The van der Waals surface area contributed by atoms with E-state index in [1.807, 2.05) is 43.3 Å². The van der Waals surface area contributed by atoms with Crippen molar-refractivity contribution in [3.63, 3.8) is 0 Å². The molecule has 0 aliphatic heterocycles. The molecule has 2 atom stereocenters. The molecule has 28 heavy (non-hydrogen) atoms. The lowest BCUT2D eigenvalue weighted by molar-refractivity contribution is -0.134. The molecule has 0 fully saturated rings. The monoisotopic (exact) mass is 446 g/mol. The first-order valence-corrected chi connectivity index (χ1v) is 11.2. The highest BCUT2D eigenvalue weighted by atomic mass is 79.9. The molecule has 2 aromatic rings. The Kier molecular flexibility index (Phi) is 9.56. The average molecular weight is 447 g/mol. The molecule has 0 unspecified atom stereocenters. The van der Waals surface area contributed by atoms with Crippen molar-refractivity contribution in [3.05, 3.63) is 48.5 Å². The van der Waals surface area contributed by atoms with Crippen LogP contribution in [-0.2, 0) is 4.79 Å². The molecule has 0 saturated heterocycles. The number of carbonyl (C=O) groups excluding carboxylic acids is 1. The van der Waals surface area contributed by atoms with Crippen molar-refractivity contribution in [2.75, 3.05) is 6.61 Å². The lowest BCUT2D eigenvalue weighted by Crippen LogP contribution is -2.26. The molecule has 0 bridgehead atoms. The SMILES string of the molecule is CCCCCCOc1ccc(-c2ccc(OC(=O)[C@@H](Br)[C@@H](C)CC)cc2)cc1. The Morgan fingerprint density at radius 1 is 0.893 bits per heavy atom. The quantitative estimate of drug-likeness (QED) is 0.161. The maximum atomic E-state index is 12.2. The lowest BCUT2D eigenvalue weighted by Gasteiger charge is -2.15. The smallest absolute Gasteiger partial charge is 0.325 e. The van der Waals surface area contributed by atoms with E-state index >= 15 is 0 Å². The highest BCUT2D eigenvalue weighted by Crippen LogP contribution is 2.26. The number of ether oxygens (including phenoxy) is 2. The maximum Gasteiger partial charge on any atom is 0.325 e. The minimum atomic E-state index is -0.285. The molecule has 0 aromatic heterocycles. The Hall–Kier alpha value is -1.81. The van der Waals surface area contributed by atoms with Crippen LogP contribution in [0.15, 0.2) is 48.5 Å². The summed E-state index contributed by atoms with van der Waals surface area (Å²) in [6, 6.07) is 15.7. The number of unbranched alkanes of at least 4 members (excludes halogenated alkanes) is 3. The van der Waals surface area contributed by atoms with Crippen molar-refractivity contribution in [3.8, 4) is 22.6 Å². The third kappa shape index (κ3) is 6.97. The number of hydrogen-bond donors (Lipinski definition) is 0. The summed E-state index contributed by atoms with van der Waals surface area (Å²) in [6.45, 7) is 7.07. The van der Waals surface area contributed by atoms with Gasteiger partial charge < -0.3 is 9.47 Å². The number of alkyl halides is 1. The molecule has 0 N–H and O–H groups in total. The summed E-state index contributed by atoms with van der Waals surface area (Å²) in [5.74, 6) is 1.45. The van der Waals surface area contributed by atoms with Gasteiger partial charge in [-0.3, -0.25) is 4.79 Å². The van der Waals surface area contributed by atoms with Gasteiger partial charge in [0, 0.05) is 0 Å². The zero-order valence-corrected chi connectivity index (χ0v) is 18.7. The fourth-order valence-corrected chi connectivity index (χ4v) is 3.26. The third-order valence-electron chi connectivity index (χ3n) is 4.90. The molecule has 3 nitrogen and oxygen atoms in total. The molecule has 0 aliphatic rings. The van der Waals surface area contributed by atoms with Gasteiger partial charge in [0.15, 0.2) is 0 Å². The summed E-state index contributed by atoms with van der Waals surface area (Å²) in [5.41, 5.74) is 2.18. The second kappa shape index (κ2) is 11.9. The normalized spacial score (nSPS) is 13.0. The van der Waals surface area contributed by atoms with Crippen molar-refractivity contribution >= 4 is 21.9 Å². The highest BCUT2D eigenvalue weighted by Gasteiger charge is 2.22. The van der Waals surface area contributed by atoms with Crippen LogP contribution in [0.4, 0.5) is 0 Å². The van der Waals surface area contributed by atoms with Gasteiger partial charge in [-0.2, -0.15) is 0 Å². The number of esters is 1. The van der Waals surface area contributed by atoms with Gasteiger partial charge in [-0.25, -0.2) is 0 Å². The summed E-state index contributed by atoms with van der Waals surface area (Å²) in [6.07, 6.45) is 5.74. The number of benzene rings is 2. The van der Waals surface area contributed by atoms with Crippen LogP contribution < -0.4 is 9.47 Å². The van der Waals surface area contributed by atoms with Gasteiger partial charge in [0.2, 0.25) is 0 Å². The summed E-state index contributed by atoms with van der Waals surface area (Å²) >= 11 is 3.43. The largest absolute Gasteiger partial charge is 0.494 e. The molecule has 0 aliphatic carbocycles. The van der Waals surface area contributed by atoms with Gasteiger partial charge in [0.1, 0.15) is 16.3 Å². The van der Waals surface area contributed by atoms with E-state index in [0.29, 0.717) is 5.75 Å². The first-order valence-electron chi connectivity index (χ1n) is 10.2. The first kappa shape index (κ1) is 22.5. The van der Waals surface area contributed by atoms with E-state index in [-0.39, 0.29) is 16.7 Å². The van der Waals surface area contributed by atoms with Crippen molar-refractivity contribution < 1.29 is 14.3 Å². The molecular weight excluding hydrogens is 416 g/mol. The Balaban J connectivity index is 1.89. The zero-order valence-electron chi connectivity index (χ0n) is 17.1. The molecule has 152 valence electrons. The number of hydrogen-bond acceptors (Lipinski definition) is 3. The zero-order chi connectivity index (χ0) is 20.4. The van der Waals surface area contributed by atoms with Crippen LogP contribution in [0.3, 0.4) is 0 Å². The lowest BCUT2D eigenvalue weighted by atomic mass is 10.1. The summed E-state index contributed by atoms with van der Waals surface area (Å²) in [4.78, 5) is 11.9. The summed E-state index contributed by atoms with van der Waals surface area (Å²) < 4.78 is 11.3. The summed E-state index contributed by atoms with van der Waals surface area (Å²) in [5, 5.41) is 0. The fraction of sp³-hybridized carbons (Fsp3) is 0.458. The van der Waals surface area contributed by atoms with Crippen molar-refractivity contribution in [1.82, 2.24) is 0 Å². The van der Waals surface area contributed by atoms with E-state index in [1.54, 1.807) is 0 Å². The minimum Gasteiger partial charge on any atom is -0.494 e. The van der Waals surface area contributed by atoms with Crippen LogP contribution in [0.25, 0.3) is 11.1 Å². The van der Waals surface area contributed by atoms with E-state index in [4.69, 9.17) is 9.47 Å². The summed E-state index contributed by atoms with van der Waals surface area (Å²) in [7, 11) is 0. The first-order chi connectivity index (χ1) is 13.5. The topological polar surface area (TPSA) is 35.5 Å². The van der Waals surface area contributed by atoms with Gasteiger partial charge in [-0.15, -0.1) is 0 Å². The highest BCUT2D eigenvalue weighted by molar-refractivity contribution is 9.10. The molecule has 2 aromatic carbocycles. The van der Waals surface area contributed by atoms with Crippen molar-refractivity contribution in [2.24, 2.45) is 5.92 Å². The van der Waals surface area contributed by atoms with Gasteiger partial charge in [0.25, 0.3) is 0 Å². The van der Waals surface area contributed by atoms with E-state index in [1.165, 1.54) is 19.3 Å². The van der Waals surface area contributed by atoms with Crippen LogP contribution in [0.1, 0.15) is 52.9 Å². The predicted molar refractivity (Wildman–Crippen MR) is 119 cm³/mol. The van der Waals surface area contributed by atoms with Gasteiger partial charge in [0.05, 0.1) is 6.61 Å². The standard InChI is InChI=1S/C24H31BrO3/c1-4-6-7-8-17-27-21-13-9-19(10-14-21)20-11-15-22(16-12-20)28-24(26)23(25)18(3)5-2/h9-16,18,23H,4-8,17H2,1-3H3/t18-,23-/m0/s1. The number of rotatable bonds is 11. The van der Waals surface area contributed by atoms with E-state index in [9.17, 15) is 4.79 Å². The number of halogens is 1. The third-order valence-corrected chi connectivity index (χ3v) is 6.17. The van der Waals surface area contributed by atoms with Gasteiger partial charge >= 0.3 is 5.97 Å². The number of carbonyl (C=O) groups is 1. The Labute approximate surface area is 177 Å². The van der Waals surface area contributed by atoms with Crippen LogP contribution in [-0.4, -0.2) is 17.4 Å². The molecule has 0 heterocycles. The van der Waals surface area contributed by atoms with E-state index in [2.05, 4.69) is 41.9 Å². The fourth-order valence-electron chi connectivity index (χ4n) is 2.79. The molecule has 0 amide bonds. The second-order valence-corrected chi connectivity index (χ2v) is 8.15.